The van der Waals surface area contributed by atoms with E-state index in [4.69, 9.17) is 5.73 Å². The van der Waals surface area contributed by atoms with Crippen molar-refractivity contribution >= 4 is 22.4 Å². The van der Waals surface area contributed by atoms with Crippen LogP contribution in [0.3, 0.4) is 0 Å². The largest absolute Gasteiger partial charge is 0.399 e. The molecule has 2 aromatic carbocycles. The first-order chi connectivity index (χ1) is 9.72. The lowest BCUT2D eigenvalue weighted by Gasteiger charge is -2.08. The molecule has 1 heterocycles. The molecule has 0 saturated carbocycles. The highest BCUT2D eigenvalue weighted by atomic mass is 19.1. The lowest BCUT2D eigenvalue weighted by molar-refractivity contribution is 0.626. The fourth-order valence-corrected chi connectivity index (χ4v) is 2.05. The second-order valence-corrected chi connectivity index (χ2v) is 4.48. The Bertz CT molecular complexity index is 758. The predicted molar refractivity (Wildman–Crippen MR) is 77.7 cm³/mol. The highest BCUT2D eigenvalue weighted by molar-refractivity contribution is 5.90. The van der Waals surface area contributed by atoms with Crippen LogP contribution in [0.25, 0.3) is 10.9 Å². The monoisotopic (exact) mass is 268 g/mol. The van der Waals surface area contributed by atoms with E-state index in [0.29, 0.717) is 18.1 Å². The predicted octanol–water partition coefficient (Wildman–Crippen LogP) is 2.96. The maximum absolute atomic E-state index is 13.1. The Hall–Kier alpha value is -2.69. The molecule has 20 heavy (non-hydrogen) atoms. The van der Waals surface area contributed by atoms with E-state index in [-0.39, 0.29) is 5.82 Å². The number of aromatic nitrogens is 2. The van der Waals surface area contributed by atoms with Gasteiger partial charge >= 0.3 is 0 Å². The van der Waals surface area contributed by atoms with Crippen LogP contribution in [0.1, 0.15) is 5.56 Å². The van der Waals surface area contributed by atoms with Gasteiger partial charge < -0.3 is 11.1 Å². The van der Waals surface area contributed by atoms with Crippen molar-refractivity contribution in [2.45, 2.75) is 6.54 Å². The van der Waals surface area contributed by atoms with Crippen LogP contribution in [0.15, 0.2) is 48.8 Å². The molecule has 0 atom stereocenters. The summed E-state index contributed by atoms with van der Waals surface area (Å²) in [6.07, 6.45) is 1.48. The molecule has 1 aromatic heterocycles. The summed E-state index contributed by atoms with van der Waals surface area (Å²) in [5.41, 5.74) is 8.03. The van der Waals surface area contributed by atoms with Crippen LogP contribution in [0.4, 0.5) is 15.9 Å². The van der Waals surface area contributed by atoms with E-state index in [1.54, 1.807) is 18.2 Å². The van der Waals surface area contributed by atoms with Gasteiger partial charge in [0.25, 0.3) is 0 Å². The van der Waals surface area contributed by atoms with E-state index >= 15 is 0 Å². The molecule has 0 unspecified atom stereocenters. The number of anilines is 2. The molecule has 3 aromatic rings. The maximum atomic E-state index is 13.1. The first kappa shape index (κ1) is 12.3. The van der Waals surface area contributed by atoms with Crippen LogP contribution in [0.5, 0.6) is 0 Å². The summed E-state index contributed by atoms with van der Waals surface area (Å²) in [4.78, 5) is 8.40. The van der Waals surface area contributed by atoms with Crippen LogP contribution in [0.2, 0.25) is 0 Å². The molecule has 0 amide bonds. The van der Waals surface area contributed by atoms with Gasteiger partial charge in [-0.1, -0.05) is 12.1 Å². The van der Waals surface area contributed by atoms with Crippen molar-refractivity contribution in [1.82, 2.24) is 9.97 Å². The third-order valence-corrected chi connectivity index (χ3v) is 3.01. The summed E-state index contributed by atoms with van der Waals surface area (Å²) in [5.74, 6) is 0.462. The maximum Gasteiger partial charge on any atom is 0.137 e. The molecule has 0 bridgehead atoms. The molecule has 100 valence electrons. The Labute approximate surface area is 115 Å². The third kappa shape index (κ3) is 2.51. The average Bonchev–Trinajstić information content (AvgIpc) is 2.44. The highest BCUT2D eigenvalue weighted by Gasteiger charge is 2.04. The summed E-state index contributed by atoms with van der Waals surface area (Å²) in [7, 11) is 0. The normalized spacial score (nSPS) is 10.7. The fraction of sp³-hybridized carbons (Fsp3) is 0.0667. The zero-order chi connectivity index (χ0) is 13.9. The molecule has 3 rings (SSSR count). The van der Waals surface area contributed by atoms with Gasteiger partial charge in [-0.25, -0.2) is 14.4 Å². The molecule has 5 heteroatoms. The average molecular weight is 268 g/mol. The summed E-state index contributed by atoms with van der Waals surface area (Å²) < 4.78 is 13.1. The van der Waals surface area contributed by atoms with Gasteiger partial charge in [-0.05, 0) is 35.9 Å². The summed E-state index contributed by atoms with van der Waals surface area (Å²) in [6.45, 7) is 0.494. The number of halogens is 1. The van der Waals surface area contributed by atoms with Crippen molar-refractivity contribution in [3.63, 3.8) is 0 Å². The molecular weight excluding hydrogens is 255 g/mol. The Morgan fingerprint density at radius 3 is 2.85 bits per heavy atom. The van der Waals surface area contributed by atoms with E-state index in [1.807, 2.05) is 12.1 Å². The quantitative estimate of drug-likeness (QED) is 0.717. The summed E-state index contributed by atoms with van der Waals surface area (Å²) in [5, 5.41) is 4.08. The van der Waals surface area contributed by atoms with Gasteiger partial charge in [0.2, 0.25) is 0 Å². The molecular formula is C15H13FN4. The topological polar surface area (TPSA) is 63.8 Å². The first-order valence-corrected chi connectivity index (χ1v) is 6.21. The number of benzene rings is 2. The van der Waals surface area contributed by atoms with Gasteiger partial charge in [0, 0.05) is 17.6 Å². The molecule has 0 aliphatic carbocycles. The minimum absolute atomic E-state index is 0.246. The van der Waals surface area contributed by atoms with Crippen molar-refractivity contribution in [3.05, 3.63) is 60.2 Å². The molecule has 0 aliphatic heterocycles. The Balaban J connectivity index is 1.87. The molecule has 0 fully saturated rings. The van der Waals surface area contributed by atoms with Crippen LogP contribution >= 0.6 is 0 Å². The number of fused-ring (bicyclic) bond motifs is 1. The van der Waals surface area contributed by atoms with E-state index in [0.717, 1.165) is 16.5 Å². The van der Waals surface area contributed by atoms with Gasteiger partial charge in [0.05, 0.1) is 5.52 Å². The van der Waals surface area contributed by atoms with Crippen molar-refractivity contribution in [3.8, 4) is 0 Å². The lowest BCUT2D eigenvalue weighted by Crippen LogP contribution is -2.03. The summed E-state index contributed by atoms with van der Waals surface area (Å²) >= 11 is 0. The van der Waals surface area contributed by atoms with Crippen LogP contribution < -0.4 is 11.1 Å². The lowest BCUT2D eigenvalue weighted by atomic mass is 10.2. The van der Waals surface area contributed by atoms with Crippen LogP contribution in [-0.2, 0) is 6.54 Å². The number of hydrogen-bond donors (Lipinski definition) is 2. The van der Waals surface area contributed by atoms with Gasteiger partial charge in [0.15, 0.2) is 0 Å². The smallest absolute Gasteiger partial charge is 0.137 e. The van der Waals surface area contributed by atoms with E-state index in [2.05, 4.69) is 15.3 Å². The molecule has 0 radical (unpaired) electrons. The molecule has 4 nitrogen and oxygen atoms in total. The molecule has 0 saturated heterocycles. The van der Waals surface area contributed by atoms with E-state index in [9.17, 15) is 4.39 Å². The second kappa shape index (κ2) is 5.13. The van der Waals surface area contributed by atoms with Crippen molar-refractivity contribution in [1.29, 1.82) is 0 Å². The Kier molecular flexibility index (Phi) is 3.16. The molecule has 3 N–H and O–H groups in total. The van der Waals surface area contributed by atoms with Gasteiger partial charge in [-0.15, -0.1) is 0 Å². The minimum Gasteiger partial charge on any atom is -0.399 e. The number of nitrogens with zero attached hydrogens (tertiary/aromatic N) is 2. The van der Waals surface area contributed by atoms with Crippen molar-refractivity contribution < 1.29 is 4.39 Å². The Morgan fingerprint density at radius 1 is 1.10 bits per heavy atom. The standard InChI is InChI=1S/C15H13FN4/c16-11-3-1-2-10(6-11)8-18-15-13-5-4-12(17)7-14(13)19-9-20-15/h1-7,9H,8,17H2,(H,18,19,20). The Morgan fingerprint density at radius 2 is 2.00 bits per heavy atom. The van der Waals surface area contributed by atoms with Crippen LogP contribution in [0, 0.1) is 5.82 Å². The number of nitrogen functional groups attached to an aromatic ring is 1. The SMILES string of the molecule is Nc1ccc2c(NCc3cccc(F)c3)ncnc2c1. The highest BCUT2D eigenvalue weighted by Crippen LogP contribution is 2.21. The second-order valence-electron chi connectivity index (χ2n) is 4.48. The van der Waals surface area contributed by atoms with Crippen LogP contribution in [-0.4, -0.2) is 9.97 Å². The van der Waals surface area contributed by atoms with Gasteiger partial charge in [0.1, 0.15) is 18.0 Å². The first-order valence-electron chi connectivity index (χ1n) is 6.21. The number of rotatable bonds is 3. The van der Waals surface area contributed by atoms with Gasteiger partial charge in [-0.2, -0.15) is 0 Å². The number of hydrogen-bond acceptors (Lipinski definition) is 4. The zero-order valence-electron chi connectivity index (χ0n) is 10.7. The third-order valence-electron chi connectivity index (χ3n) is 3.01. The zero-order valence-corrected chi connectivity index (χ0v) is 10.7. The van der Waals surface area contributed by atoms with Crippen molar-refractivity contribution in [2.75, 3.05) is 11.1 Å². The fourth-order valence-electron chi connectivity index (χ4n) is 2.05. The van der Waals surface area contributed by atoms with E-state index in [1.165, 1.54) is 18.5 Å². The summed E-state index contributed by atoms with van der Waals surface area (Å²) in [6, 6.07) is 11.9. The minimum atomic E-state index is -0.246. The van der Waals surface area contributed by atoms with E-state index < -0.39 is 0 Å². The van der Waals surface area contributed by atoms with Crippen molar-refractivity contribution in [2.24, 2.45) is 0 Å². The van der Waals surface area contributed by atoms with Gasteiger partial charge in [-0.3, -0.25) is 0 Å². The molecule has 0 aliphatic rings. The number of nitrogens with one attached hydrogen (secondary N) is 1. The number of nitrogens with two attached hydrogens (primary N) is 1. The molecule has 0 spiro atoms.